The van der Waals surface area contributed by atoms with E-state index in [0.717, 1.165) is 15.4 Å². The molecule has 1 nitrogen and oxygen atoms in total. The first kappa shape index (κ1) is 12.6. The van der Waals surface area contributed by atoms with Gasteiger partial charge in [-0.25, -0.2) is 0 Å². The molecule has 0 aliphatic rings. The molecule has 0 spiro atoms. The molecule has 0 aromatic carbocycles. The Balaban J connectivity index is 2.34. The first-order valence-corrected chi connectivity index (χ1v) is 7.85. The molecule has 16 heavy (non-hydrogen) atoms. The average Bonchev–Trinajstić information content (AvgIpc) is 2.84. The highest BCUT2D eigenvalue weighted by atomic mass is 79.9. The molecule has 2 rings (SSSR count). The zero-order valence-electron chi connectivity index (χ0n) is 8.67. The summed E-state index contributed by atoms with van der Waals surface area (Å²) < 4.78 is 1.15. The van der Waals surface area contributed by atoms with Crippen LogP contribution in [0, 0.1) is 0 Å². The van der Waals surface area contributed by atoms with E-state index in [9.17, 15) is 0 Å². The number of hydrogen-bond donors (Lipinski definition) is 1. The predicted octanol–water partition coefficient (Wildman–Crippen LogP) is 4.92. The summed E-state index contributed by atoms with van der Waals surface area (Å²) in [4.78, 5) is 1.19. The minimum atomic E-state index is 0.208. The van der Waals surface area contributed by atoms with Gasteiger partial charge >= 0.3 is 0 Å². The lowest BCUT2D eigenvalue weighted by molar-refractivity contribution is 0.641. The third-order valence-corrected chi connectivity index (χ3v) is 5.18. The molecule has 1 unspecified atom stereocenters. The van der Waals surface area contributed by atoms with Crippen molar-refractivity contribution in [2.75, 3.05) is 6.54 Å². The van der Waals surface area contributed by atoms with Gasteiger partial charge in [0.1, 0.15) is 0 Å². The van der Waals surface area contributed by atoms with Gasteiger partial charge in [0.15, 0.2) is 0 Å². The van der Waals surface area contributed by atoms with E-state index in [1.54, 1.807) is 22.7 Å². The summed E-state index contributed by atoms with van der Waals surface area (Å²) in [5.41, 5.74) is 1.27. The molecule has 5 heteroatoms. The van der Waals surface area contributed by atoms with Crippen LogP contribution in [-0.4, -0.2) is 6.54 Å². The summed E-state index contributed by atoms with van der Waals surface area (Å²) >= 11 is 13.1. The van der Waals surface area contributed by atoms with E-state index in [4.69, 9.17) is 11.6 Å². The summed E-state index contributed by atoms with van der Waals surface area (Å²) in [6.07, 6.45) is 0. The van der Waals surface area contributed by atoms with Crippen molar-refractivity contribution >= 4 is 50.2 Å². The van der Waals surface area contributed by atoms with Crippen molar-refractivity contribution in [2.45, 2.75) is 13.0 Å². The Labute approximate surface area is 117 Å². The van der Waals surface area contributed by atoms with Crippen molar-refractivity contribution in [2.24, 2.45) is 0 Å². The fraction of sp³-hybridized carbons (Fsp3) is 0.273. The van der Waals surface area contributed by atoms with E-state index < -0.39 is 0 Å². The van der Waals surface area contributed by atoms with Crippen LogP contribution in [-0.2, 0) is 0 Å². The molecule has 86 valence electrons. The lowest BCUT2D eigenvalue weighted by Crippen LogP contribution is -2.20. The second-order valence-corrected chi connectivity index (χ2v) is 6.95. The van der Waals surface area contributed by atoms with Crippen LogP contribution >= 0.6 is 50.2 Å². The minimum absolute atomic E-state index is 0.208. The SMILES string of the molecule is CCNC(c1csc(Br)c1)c1sccc1Cl. The van der Waals surface area contributed by atoms with Crippen LogP contribution in [0.3, 0.4) is 0 Å². The highest BCUT2D eigenvalue weighted by molar-refractivity contribution is 9.11. The molecule has 0 aliphatic carbocycles. The van der Waals surface area contributed by atoms with Gasteiger partial charge in [0, 0.05) is 4.88 Å². The topological polar surface area (TPSA) is 12.0 Å². The van der Waals surface area contributed by atoms with Crippen LogP contribution in [0.1, 0.15) is 23.4 Å². The Morgan fingerprint density at radius 3 is 2.81 bits per heavy atom. The van der Waals surface area contributed by atoms with Gasteiger partial charge in [0.05, 0.1) is 14.9 Å². The van der Waals surface area contributed by atoms with E-state index in [0.29, 0.717) is 0 Å². The molecule has 1 N–H and O–H groups in total. The van der Waals surface area contributed by atoms with E-state index >= 15 is 0 Å². The fourth-order valence-electron chi connectivity index (χ4n) is 1.55. The van der Waals surface area contributed by atoms with Crippen molar-refractivity contribution in [3.05, 3.63) is 42.1 Å². The molecule has 0 fully saturated rings. The summed E-state index contributed by atoms with van der Waals surface area (Å²) in [6, 6.07) is 4.31. The number of thiophene rings is 2. The van der Waals surface area contributed by atoms with Crippen molar-refractivity contribution in [1.82, 2.24) is 5.32 Å². The van der Waals surface area contributed by atoms with Gasteiger partial charge in [-0.1, -0.05) is 18.5 Å². The van der Waals surface area contributed by atoms with E-state index in [1.807, 2.05) is 11.4 Å². The Bertz CT molecular complexity index is 466. The molecule has 1 atom stereocenters. The number of nitrogens with one attached hydrogen (secondary N) is 1. The Morgan fingerprint density at radius 2 is 2.31 bits per heavy atom. The van der Waals surface area contributed by atoms with Crippen LogP contribution < -0.4 is 5.32 Å². The number of hydrogen-bond acceptors (Lipinski definition) is 3. The van der Waals surface area contributed by atoms with Crippen molar-refractivity contribution in [3.8, 4) is 0 Å². The Morgan fingerprint density at radius 1 is 1.50 bits per heavy atom. The lowest BCUT2D eigenvalue weighted by Gasteiger charge is -2.15. The van der Waals surface area contributed by atoms with E-state index in [1.165, 1.54) is 10.4 Å². The third-order valence-electron chi connectivity index (χ3n) is 2.24. The lowest BCUT2D eigenvalue weighted by atomic mass is 10.1. The average molecular weight is 337 g/mol. The summed E-state index contributed by atoms with van der Waals surface area (Å²) in [7, 11) is 0. The standard InChI is InChI=1S/C11H11BrClNS2/c1-2-14-10(7-5-9(12)16-6-7)11-8(13)3-4-15-11/h3-6,10,14H,2H2,1H3. The van der Waals surface area contributed by atoms with Crippen LogP contribution in [0.5, 0.6) is 0 Å². The van der Waals surface area contributed by atoms with Gasteiger partial charge in [-0.05, 0) is 50.9 Å². The molecule has 0 aliphatic heterocycles. The molecule has 2 heterocycles. The number of halogens is 2. The first-order valence-electron chi connectivity index (χ1n) is 4.92. The zero-order valence-corrected chi connectivity index (χ0v) is 12.6. The molecule has 2 aromatic heterocycles. The van der Waals surface area contributed by atoms with Gasteiger partial charge in [-0.15, -0.1) is 22.7 Å². The molecule has 0 saturated carbocycles. The van der Waals surface area contributed by atoms with Crippen LogP contribution in [0.2, 0.25) is 5.02 Å². The summed E-state index contributed by atoms with van der Waals surface area (Å²) in [6.45, 7) is 3.03. The van der Waals surface area contributed by atoms with Crippen molar-refractivity contribution in [1.29, 1.82) is 0 Å². The van der Waals surface area contributed by atoms with Crippen LogP contribution in [0.15, 0.2) is 26.7 Å². The normalized spacial score (nSPS) is 12.9. The monoisotopic (exact) mass is 335 g/mol. The molecule has 0 amide bonds. The maximum Gasteiger partial charge on any atom is 0.0701 e. The maximum atomic E-state index is 6.19. The second-order valence-electron chi connectivity index (χ2n) is 3.31. The smallest absolute Gasteiger partial charge is 0.0701 e. The quantitative estimate of drug-likeness (QED) is 0.835. The highest BCUT2D eigenvalue weighted by Gasteiger charge is 2.18. The molecular formula is C11H11BrClNS2. The van der Waals surface area contributed by atoms with Gasteiger partial charge in [-0.2, -0.15) is 0 Å². The van der Waals surface area contributed by atoms with Crippen molar-refractivity contribution in [3.63, 3.8) is 0 Å². The zero-order chi connectivity index (χ0) is 11.5. The molecule has 0 bridgehead atoms. The molecular weight excluding hydrogens is 326 g/mol. The first-order chi connectivity index (χ1) is 7.72. The third kappa shape index (κ3) is 2.68. The second kappa shape index (κ2) is 5.65. The maximum absolute atomic E-state index is 6.19. The Kier molecular flexibility index (Phi) is 4.44. The summed E-state index contributed by atoms with van der Waals surface area (Å²) in [5.74, 6) is 0. The van der Waals surface area contributed by atoms with Gasteiger partial charge in [-0.3, -0.25) is 0 Å². The summed E-state index contributed by atoms with van der Waals surface area (Å²) in [5, 5.41) is 8.50. The molecule has 0 radical (unpaired) electrons. The van der Waals surface area contributed by atoms with Gasteiger partial charge < -0.3 is 5.32 Å². The van der Waals surface area contributed by atoms with Crippen LogP contribution in [0.25, 0.3) is 0 Å². The number of rotatable bonds is 4. The van der Waals surface area contributed by atoms with Gasteiger partial charge in [0.25, 0.3) is 0 Å². The van der Waals surface area contributed by atoms with Crippen molar-refractivity contribution < 1.29 is 0 Å². The van der Waals surface area contributed by atoms with Gasteiger partial charge in [0.2, 0.25) is 0 Å². The molecule has 2 aromatic rings. The highest BCUT2D eigenvalue weighted by Crippen LogP contribution is 2.35. The largest absolute Gasteiger partial charge is 0.306 e. The van der Waals surface area contributed by atoms with Crippen LogP contribution in [0.4, 0.5) is 0 Å². The Hall–Kier alpha value is 0.130. The fourth-order valence-corrected chi connectivity index (χ4v) is 4.02. The predicted molar refractivity (Wildman–Crippen MR) is 76.9 cm³/mol. The van der Waals surface area contributed by atoms with E-state index in [2.05, 4.69) is 39.6 Å². The molecule has 0 saturated heterocycles. The van der Waals surface area contributed by atoms with E-state index in [-0.39, 0.29) is 6.04 Å². The minimum Gasteiger partial charge on any atom is -0.306 e.